The number of oxime groups is 1. The molecule has 0 amide bonds. The molecular formula is C10H21N3O2. The summed E-state index contributed by atoms with van der Waals surface area (Å²) in [6.07, 6.45) is 2.24. The Labute approximate surface area is 91.7 Å². The van der Waals surface area contributed by atoms with Crippen LogP contribution in [0.2, 0.25) is 0 Å². The lowest BCUT2D eigenvalue weighted by atomic mass is 10.3. The van der Waals surface area contributed by atoms with Crippen LogP contribution in [0, 0.1) is 0 Å². The summed E-state index contributed by atoms with van der Waals surface area (Å²) in [5, 5.41) is 3.79. The van der Waals surface area contributed by atoms with Gasteiger partial charge < -0.3 is 14.6 Å². The molecule has 0 aromatic heterocycles. The van der Waals surface area contributed by atoms with E-state index in [0.717, 1.165) is 12.8 Å². The number of carbonyl (C=O) groups is 1. The standard InChI is InChI=1S/C10H21N3O2/c1-6-7-8-9(14)15-11-10(12(2)3)13(4)5/h6-8H2,1-5H3. The summed E-state index contributed by atoms with van der Waals surface area (Å²) in [7, 11) is 7.38. The van der Waals surface area contributed by atoms with Crippen LogP contribution in [0.1, 0.15) is 26.2 Å². The van der Waals surface area contributed by atoms with Crippen molar-refractivity contribution in [1.29, 1.82) is 0 Å². The molecule has 0 radical (unpaired) electrons. The van der Waals surface area contributed by atoms with E-state index in [1.807, 2.05) is 35.1 Å². The Kier molecular flexibility index (Phi) is 6.49. The van der Waals surface area contributed by atoms with Gasteiger partial charge in [-0.25, -0.2) is 4.79 Å². The van der Waals surface area contributed by atoms with Gasteiger partial charge in [0.15, 0.2) is 0 Å². The topological polar surface area (TPSA) is 45.1 Å². The van der Waals surface area contributed by atoms with Crippen LogP contribution in [0.15, 0.2) is 5.16 Å². The fourth-order valence-electron chi connectivity index (χ4n) is 1.02. The third-order valence-corrected chi connectivity index (χ3v) is 1.76. The highest BCUT2D eigenvalue weighted by Crippen LogP contribution is 1.98. The minimum atomic E-state index is -0.280. The second-order valence-electron chi connectivity index (χ2n) is 3.75. The van der Waals surface area contributed by atoms with Gasteiger partial charge >= 0.3 is 5.97 Å². The fourth-order valence-corrected chi connectivity index (χ4v) is 1.02. The van der Waals surface area contributed by atoms with Crippen molar-refractivity contribution < 1.29 is 9.63 Å². The van der Waals surface area contributed by atoms with E-state index in [1.165, 1.54) is 0 Å². The van der Waals surface area contributed by atoms with E-state index in [4.69, 9.17) is 4.84 Å². The molecule has 15 heavy (non-hydrogen) atoms. The molecule has 0 rings (SSSR count). The number of guanidine groups is 1. The lowest BCUT2D eigenvalue weighted by Gasteiger charge is -2.21. The van der Waals surface area contributed by atoms with E-state index in [1.54, 1.807) is 9.80 Å². The summed E-state index contributed by atoms with van der Waals surface area (Å²) in [5.41, 5.74) is 0. The van der Waals surface area contributed by atoms with Gasteiger partial charge in [0.2, 0.25) is 5.96 Å². The largest absolute Gasteiger partial charge is 0.346 e. The van der Waals surface area contributed by atoms with Crippen LogP contribution in [0.25, 0.3) is 0 Å². The van der Waals surface area contributed by atoms with Crippen LogP contribution < -0.4 is 0 Å². The Morgan fingerprint density at radius 3 is 2.13 bits per heavy atom. The number of nitrogens with zero attached hydrogens (tertiary/aromatic N) is 3. The van der Waals surface area contributed by atoms with Gasteiger partial charge in [-0.3, -0.25) is 0 Å². The van der Waals surface area contributed by atoms with Crippen molar-refractivity contribution in [2.24, 2.45) is 5.16 Å². The van der Waals surface area contributed by atoms with Crippen LogP contribution in [0.4, 0.5) is 0 Å². The SMILES string of the molecule is CCCCC(=O)ON=C(N(C)C)N(C)C. The first kappa shape index (κ1) is 13.7. The van der Waals surface area contributed by atoms with Crippen molar-refractivity contribution in [3.63, 3.8) is 0 Å². The molecule has 88 valence electrons. The predicted molar refractivity (Wildman–Crippen MR) is 60.4 cm³/mol. The lowest BCUT2D eigenvalue weighted by Crippen LogP contribution is -2.35. The maximum Gasteiger partial charge on any atom is 0.335 e. The molecule has 0 aliphatic carbocycles. The average Bonchev–Trinajstić information content (AvgIpc) is 2.13. The van der Waals surface area contributed by atoms with Crippen molar-refractivity contribution >= 4 is 11.9 Å². The van der Waals surface area contributed by atoms with Crippen LogP contribution in [0.3, 0.4) is 0 Å². The Balaban J connectivity index is 4.15. The van der Waals surface area contributed by atoms with E-state index in [-0.39, 0.29) is 5.97 Å². The second kappa shape index (κ2) is 7.09. The van der Waals surface area contributed by atoms with Gasteiger partial charge in [0.05, 0.1) is 0 Å². The quantitative estimate of drug-likeness (QED) is 0.305. The summed E-state index contributed by atoms with van der Waals surface area (Å²) < 4.78 is 0. The first-order chi connectivity index (χ1) is 6.99. The zero-order valence-corrected chi connectivity index (χ0v) is 10.3. The van der Waals surface area contributed by atoms with Gasteiger partial charge in [-0.2, -0.15) is 0 Å². The molecule has 5 heteroatoms. The van der Waals surface area contributed by atoms with Crippen molar-refractivity contribution in [2.75, 3.05) is 28.2 Å². The lowest BCUT2D eigenvalue weighted by molar-refractivity contribution is -0.144. The first-order valence-corrected chi connectivity index (χ1v) is 5.11. The Morgan fingerprint density at radius 1 is 1.20 bits per heavy atom. The van der Waals surface area contributed by atoms with Gasteiger partial charge in [-0.15, -0.1) is 0 Å². The highest BCUT2D eigenvalue weighted by molar-refractivity contribution is 5.79. The Morgan fingerprint density at radius 2 is 1.73 bits per heavy atom. The molecule has 0 fully saturated rings. The van der Waals surface area contributed by atoms with Crippen LogP contribution >= 0.6 is 0 Å². The van der Waals surface area contributed by atoms with Crippen molar-refractivity contribution in [1.82, 2.24) is 9.80 Å². The highest BCUT2D eigenvalue weighted by atomic mass is 16.7. The normalized spacial score (nSPS) is 9.40. The minimum absolute atomic E-state index is 0.280. The number of carbonyl (C=O) groups excluding carboxylic acids is 1. The molecule has 0 aromatic carbocycles. The van der Waals surface area contributed by atoms with Crippen molar-refractivity contribution in [3.8, 4) is 0 Å². The smallest absolute Gasteiger partial charge is 0.335 e. The number of rotatable bonds is 4. The van der Waals surface area contributed by atoms with Crippen LogP contribution in [0.5, 0.6) is 0 Å². The van der Waals surface area contributed by atoms with E-state index >= 15 is 0 Å². The molecule has 0 spiro atoms. The molecule has 0 N–H and O–H groups in total. The Bertz CT molecular complexity index is 215. The summed E-state index contributed by atoms with van der Waals surface area (Å²) in [6, 6.07) is 0. The van der Waals surface area contributed by atoms with Gasteiger partial charge in [-0.1, -0.05) is 13.3 Å². The molecule has 5 nitrogen and oxygen atoms in total. The van der Waals surface area contributed by atoms with Gasteiger partial charge in [0.1, 0.15) is 0 Å². The fraction of sp³-hybridized carbons (Fsp3) is 0.800. The van der Waals surface area contributed by atoms with Crippen molar-refractivity contribution in [2.45, 2.75) is 26.2 Å². The molecule has 0 heterocycles. The van der Waals surface area contributed by atoms with Crippen molar-refractivity contribution in [3.05, 3.63) is 0 Å². The van der Waals surface area contributed by atoms with Crippen LogP contribution in [-0.2, 0) is 9.63 Å². The summed E-state index contributed by atoms with van der Waals surface area (Å²) >= 11 is 0. The third kappa shape index (κ3) is 5.93. The third-order valence-electron chi connectivity index (χ3n) is 1.76. The molecule has 0 saturated heterocycles. The van der Waals surface area contributed by atoms with Gasteiger partial charge in [0.25, 0.3) is 0 Å². The summed E-state index contributed by atoms with van der Waals surface area (Å²) in [6.45, 7) is 2.03. The molecule has 0 saturated carbocycles. The molecule has 0 aromatic rings. The van der Waals surface area contributed by atoms with Gasteiger partial charge in [0, 0.05) is 34.6 Å². The minimum Gasteiger partial charge on any atom is -0.346 e. The van der Waals surface area contributed by atoms with E-state index < -0.39 is 0 Å². The average molecular weight is 215 g/mol. The second-order valence-corrected chi connectivity index (χ2v) is 3.75. The Hall–Kier alpha value is -1.26. The highest BCUT2D eigenvalue weighted by Gasteiger charge is 2.07. The zero-order valence-electron chi connectivity index (χ0n) is 10.3. The van der Waals surface area contributed by atoms with E-state index in [9.17, 15) is 4.79 Å². The first-order valence-electron chi connectivity index (χ1n) is 5.11. The summed E-state index contributed by atoms with van der Waals surface area (Å²) in [5.74, 6) is 0.331. The monoisotopic (exact) mass is 215 g/mol. The number of unbranched alkanes of at least 4 members (excludes halogenated alkanes) is 1. The van der Waals surface area contributed by atoms with E-state index in [0.29, 0.717) is 12.4 Å². The maximum absolute atomic E-state index is 11.2. The molecule has 0 aliphatic heterocycles. The molecule has 0 bridgehead atoms. The maximum atomic E-state index is 11.2. The molecule has 0 atom stereocenters. The molecule has 0 unspecified atom stereocenters. The zero-order chi connectivity index (χ0) is 11.8. The summed E-state index contributed by atoms with van der Waals surface area (Å²) in [4.78, 5) is 19.5. The number of hydrogen-bond acceptors (Lipinski definition) is 3. The van der Waals surface area contributed by atoms with E-state index in [2.05, 4.69) is 5.16 Å². The number of hydrogen-bond donors (Lipinski definition) is 0. The van der Waals surface area contributed by atoms with Gasteiger partial charge in [-0.05, 0) is 11.6 Å². The van der Waals surface area contributed by atoms with Crippen LogP contribution in [-0.4, -0.2) is 49.9 Å². The molecular weight excluding hydrogens is 194 g/mol. The predicted octanol–water partition coefficient (Wildman–Crippen LogP) is 1.11. The molecule has 0 aliphatic rings.